The van der Waals surface area contributed by atoms with Crippen molar-refractivity contribution in [2.24, 2.45) is 5.92 Å². The zero-order valence-electron chi connectivity index (χ0n) is 24.6. The van der Waals surface area contributed by atoms with Gasteiger partial charge in [0.2, 0.25) is 5.79 Å². The average molecular weight is 579 g/mol. The largest absolute Gasteiger partial charge is 0.412 e. The number of hydrogen-bond donors (Lipinski definition) is 1. The summed E-state index contributed by atoms with van der Waals surface area (Å²) >= 11 is 6.69. The highest BCUT2D eigenvalue weighted by Crippen LogP contribution is 2.46. The lowest BCUT2D eigenvalue weighted by Gasteiger charge is -2.55. The molecule has 1 fully saturated rings. The predicted octanol–water partition coefficient (Wildman–Crippen LogP) is 7.74. The van der Waals surface area contributed by atoms with Crippen LogP contribution in [0.3, 0.4) is 0 Å². The molecule has 0 radical (unpaired) electrons. The monoisotopic (exact) mass is 578 g/mol. The molecule has 1 aliphatic heterocycles. The summed E-state index contributed by atoms with van der Waals surface area (Å²) in [5.74, 6) is -1.55. The van der Waals surface area contributed by atoms with Crippen LogP contribution in [-0.2, 0) is 25.8 Å². The van der Waals surface area contributed by atoms with Crippen molar-refractivity contribution in [3.05, 3.63) is 69.7 Å². The number of hydrogen-bond acceptors (Lipinski definition) is 4. The maximum absolute atomic E-state index is 12.6. The SMILES string of the molecule is Cc1ccc(Cc2cc(C3(O)O[C@H]([Si](C)(C)C)[C@@H](C)[C@H](O[Si](C)(C)C)[C@H]3O[Si](C)(C)C)ccc2Cl)cc1. The first-order chi connectivity index (χ1) is 16.8. The molecular weight excluding hydrogens is 532 g/mol. The third-order valence-electron chi connectivity index (χ3n) is 6.78. The second kappa shape index (κ2) is 11.0. The van der Waals surface area contributed by atoms with Crippen LogP contribution in [0.4, 0.5) is 0 Å². The number of aryl methyl sites for hydroxylation is 1. The van der Waals surface area contributed by atoms with Crippen molar-refractivity contribution in [1.82, 2.24) is 0 Å². The highest BCUT2D eigenvalue weighted by molar-refractivity contribution is 6.77. The number of rotatable bonds is 8. The molecule has 2 aromatic carbocycles. The maximum Gasteiger partial charge on any atom is 0.220 e. The van der Waals surface area contributed by atoms with E-state index in [1.165, 1.54) is 11.1 Å². The second-order valence-electron chi connectivity index (χ2n) is 13.8. The Bertz CT molecular complexity index is 1070. The molecule has 0 spiro atoms. The molecular formula is C29H47ClO4Si3. The van der Waals surface area contributed by atoms with Crippen LogP contribution in [0.15, 0.2) is 42.5 Å². The molecule has 4 nitrogen and oxygen atoms in total. The van der Waals surface area contributed by atoms with Gasteiger partial charge in [-0.15, -0.1) is 0 Å². The van der Waals surface area contributed by atoms with Crippen LogP contribution in [0.25, 0.3) is 0 Å². The van der Waals surface area contributed by atoms with Gasteiger partial charge >= 0.3 is 0 Å². The number of benzene rings is 2. The molecule has 3 rings (SSSR count). The molecule has 1 saturated heterocycles. The minimum Gasteiger partial charge on any atom is -0.412 e. The van der Waals surface area contributed by atoms with Crippen molar-refractivity contribution >= 4 is 36.3 Å². The molecule has 0 aliphatic carbocycles. The molecule has 1 heterocycles. The van der Waals surface area contributed by atoms with E-state index in [4.69, 9.17) is 25.2 Å². The smallest absolute Gasteiger partial charge is 0.220 e. The Kier molecular flexibility index (Phi) is 9.15. The molecule has 1 N–H and O–H groups in total. The molecule has 0 bridgehead atoms. The van der Waals surface area contributed by atoms with Crippen molar-refractivity contribution in [3.8, 4) is 0 Å². The van der Waals surface area contributed by atoms with Gasteiger partial charge in [0.1, 0.15) is 6.10 Å². The Morgan fingerprint density at radius 1 is 0.892 bits per heavy atom. The molecule has 0 amide bonds. The molecule has 1 unspecified atom stereocenters. The first-order valence-corrected chi connectivity index (χ1v) is 24.2. The average Bonchev–Trinajstić information content (AvgIpc) is 2.74. The summed E-state index contributed by atoms with van der Waals surface area (Å²) in [6, 6.07) is 14.3. The van der Waals surface area contributed by atoms with E-state index in [2.05, 4.69) is 97.0 Å². The first kappa shape index (κ1) is 30.8. The van der Waals surface area contributed by atoms with Gasteiger partial charge in [0.25, 0.3) is 0 Å². The van der Waals surface area contributed by atoms with Crippen LogP contribution < -0.4 is 0 Å². The molecule has 2 aromatic rings. The Balaban J connectivity index is 2.16. The van der Waals surface area contributed by atoms with E-state index in [-0.39, 0.29) is 17.7 Å². The van der Waals surface area contributed by atoms with Crippen LogP contribution in [0, 0.1) is 12.8 Å². The van der Waals surface area contributed by atoms with Gasteiger partial charge in [-0.05, 0) is 75.9 Å². The van der Waals surface area contributed by atoms with E-state index in [9.17, 15) is 5.11 Å². The van der Waals surface area contributed by atoms with Gasteiger partial charge in [0, 0.05) is 16.5 Å². The third-order valence-corrected chi connectivity index (χ3v) is 11.4. The fourth-order valence-electron chi connectivity index (χ4n) is 5.20. The minimum absolute atomic E-state index is 0.0966. The quantitative estimate of drug-likeness (QED) is 0.325. The number of aliphatic hydroxyl groups is 1. The molecule has 5 atom stereocenters. The Morgan fingerprint density at radius 3 is 1.97 bits per heavy atom. The lowest BCUT2D eigenvalue weighted by atomic mass is 9.86. The Hall–Kier alpha value is -0.779. The second-order valence-corrected chi connectivity index (χ2v) is 28.4. The highest BCUT2D eigenvalue weighted by Gasteiger charge is 2.58. The molecule has 1 aliphatic rings. The fourth-order valence-corrected chi connectivity index (χ4v) is 9.90. The van der Waals surface area contributed by atoms with E-state index in [0.29, 0.717) is 17.0 Å². The normalized spacial score (nSPS) is 27.4. The zero-order chi connectivity index (χ0) is 28.0. The van der Waals surface area contributed by atoms with Crippen LogP contribution in [0.2, 0.25) is 63.9 Å². The minimum atomic E-state index is -2.09. The van der Waals surface area contributed by atoms with Gasteiger partial charge in [-0.2, -0.15) is 0 Å². The summed E-state index contributed by atoms with van der Waals surface area (Å²) in [7, 11) is -5.91. The van der Waals surface area contributed by atoms with E-state index in [1.54, 1.807) is 0 Å². The van der Waals surface area contributed by atoms with Crippen LogP contribution in [0.1, 0.15) is 29.2 Å². The van der Waals surface area contributed by atoms with E-state index < -0.39 is 36.6 Å². The summed E-state index contributed by atoms with van der Waals surface area (Å²) in [6.07, 6.45) is -0.238. The molecule has 206 valence electrons. The highest BCUT2D eigenvalue weighted by atomic mass is 35.5. The third kappa shape index (κ3) is 7.66. The van der Waals surface area contributed by atoms with Crippen molar-refractivity contribution in [3.63, 3.8) is 0 Å². The van der Waals surface area contributed by atoms with Crippen molar-refractivity contribution in [2.45, 2.75) is 103 Å². The van der Waals surface area contributed by atoms with E-state index >= 15 is 0 Å². The topological polar surface area (TPSA) is 47.9 Å². The lowest BCUT2D eigenvalue weighted by molar-refractivity contribution is -0.325. The van der Waals surface area contributed by atoms with Crippen LogP contribution in [-0.4, -0.2) is 47.8 Å². The first-order valence-electron chi connectivity index (χ1n) is 13.4. The standard InChI is InChI=1S/C29H47ClO4Si3/c1-20-12-14-22(15-13-20)18-23-19-24(16-17-25(23)30)29(31)27(34-37(9,10)11)26(33-36(6,7)8)21(2)28(32-29)35(3,4)5/h12-17,19,21,26-28,31H,18H2,1-11H3/t21-,26-,27+,28+,29?/m0/s1. The number of halogens is 1. The molecule has 8 heteroatoms. The van der Waals surface area contributed by atoms with Crippen molar-refractivity contribution < 1.29 is 18.7 Å². The Morgan fingerprint density at radius 2 is 1.46 bits per heavy atom. The van der Waals surface area contributed by atoms with Crippen LogP contribution in [0.5, 0.6) is 0 Å². The molecule has 0 aromatic heterocycles. The van der Waals surface area contributed by atoms with Gasteiger partial charge in [-0.3, -0.25) is 0 Å². The Labute approximate surface area is 233 Å². The van der Waals surface area contributed by atoms with Gasteiger partial charge in [-0.1, -0.05) is 74.1 Å². The van der Waals surface area contributed by atoms with E-state index in [1.807, 2.05) is 18.2 Å². The number of ether oxygens (including phenoxy) is 1. The summed E-state index contributed by atoms with van der Waals surface area (Å²) in [4.78, 5) is 0. The maximum atomic E-state index is 12.6. The summed E-state index contributed by atoms with van der Waals surface area (Å²) in [6.45, 7) is 24.2. The molecule has 37 heavy (non-hydrogen) atoms. The van der Waals surface area contributed by atoms with Crippen molar-refractivity contribution in [2.75, 3.05) is 0 Å². The van der Waals surface area contributed by atoms with Gasteiger partial charge < -0.3 is 18.7 Å². The van der Waals surface area contributed by atoms with Crippen molar-refractivity contribution in [1.29, 1.82) is 0 Å². The molecule has 0 saturated carbocycles. The summed E-state index contributed by atoms with van der Waals surface area (Å²) in [5.41, 5.74) is 3.93. The van der Waals surface area contributed by atoms with Gasteiger partial charge in [0.05, 0.1) is 19.9 Å². The van der Waals surface area contributed by atoms with E-state index in [0.717, 1.165) is 5.56 Å². The fraction of sp³-hybridized carbons (Fsp3) is 0.586. The zero-order valence-corrected chi connectivity index (χ0v) is 28.4. The predicted molar refractivity (Wildman–Crippen MR) is 163 cm³/mol. The summed E-state index contributed by atoms with van der Waals surface area (Å²) in [5, 5.41) is 13.3. The summed E-state index contributed by atoms with van der Waals surface area (Å²) < 4.78 is 20.4. The van der Waals surface area contributed by atoms with Gasteiger partial charge in [-0.25, -0.2) is 0 Å². The lowest BCUT2D eigenvalue weighted by Crippen LogP contribution is -2.68. The van der Waals surface area contributed by atoms with Gasteiger partial charge in [0.15, 0.2) is 16.6 Å². The van der Waals surface area contributed by atoms with Crippen LogP contribution >= 0.6 is 11.6 Å².